The molecule has 2 unspecified atom stereocenters. The van der Waals surface area contributed by atoms with Gasteiger partial charge in [-0.1, -0.05) is 30.3 Å². The van der Waals surface area contributed by atoms with Crippen molar-refractivity contribution in [3.8, 4) is 11.5 Å². The van der Waals surface area contributed by atoms with Gasteiger partial charge in [-0.25, -0.2) is 0 Å². The summed E-state index contributed by atoms with van der Waals surface area (Å²) < 4.78 is 10.9. The molecule has 0 saturated heterocycles. The van der Waals surface area contributed by atoms with E-state index in [1.54, 1.807) is 0 Å². The third kappa shape index (κ3) is 1.70. The molecule has 2 aliphatic rings. The van der Waals surface area contributed by atoms with Crippen molar-refractivity contribution in [2.45, 2.75) is 18.4 Å². The van der Waals surface area contributed by atoms with E-state index in [2.05, 4.69) is 41.7 Å². The maximum absolute atomic E-state index is 5.50. The third-order valence-electron chi connectivity index (χ3n) is 4.37. The van der Waals surface area contributed by atoms with Gasteiger partial charge in [-0.2, -0.15) is 0 Å². The van der Waals surface area contributed by atoms with Crippen LogP contribution in [0, 0.1) is 0 Å². The lowest BCUT2D eigenvalue weighted by Gasteiger charge is -2.13. The summed E-state index contributed by atoms with van der Waals surface area (Å²) in [7, 11) is 2.03. The van der Waals surface area contributed by atoms with Crippen LogP contribution < -0.4 is 14.8 Å². The van der Waals surface area contributed by atoms with Gasteiger partial charge in [-0.05, 0) is 42.3 Å². The lowest BCUT2D eigenvalue weighted by Crippen LogP contribution is -2.13. The highest BCUT2D eigenvalue weighted by molar-refractivity contribution is 5.50. The Kier molecular flexibility index (Phi) is 2.67. The van der Waals surface area contributed by atoms with Crippen LogP contribution in [0.25, 0.3) is 0 Å². The first-order valence-corrected chi connectivity index (χ1v) is 7.02. The molecular formula is C17H17NO2. The van der Waals surface area contributed by atoms with E-state index in [0.717, 1.165) is 17.9 Å². The SMILES string of the molecule is CNC1CC(c2ccc3c(c2)OCO3)c2ccccc21. The Balaban J connectivity index is 1.76. The van der Waals surface area contributed by atoms with Gasteiger partial charge < -0.3 is 14.8 Å². The monoisotopic (exact) mass is 267 g/mol. The Hall–Kier alpha value is -2.00. The van der Waals surface area contributed by atoms with E-state index in [9.17, 15) is 0 Å². The summed E-state index contributed by atoms with van der Waals surface area (Å²) in [5, 5.41) is 3.42. The summed E-state index contributed by atoms with van der Waals surface area (Å²) in [4.78, 5) is 0. The second kappa shape index (κ2) is 4.53. The molecule has 2 aromatic carbocycles. The van der Waals surface area contributed by atoms with Crippen LogP contribution in [-0.2, 0) is 0 Å². The van der Waals surface area contributed by atoms with Crippen LogP contribution in [0.15, 0.2) is 42.5 Å². The first kappa shape index (κ1) is 11.8. The molecule has 2 atom stereocenters. The van der Waals surface area contributed by atoms with Crippen LogP contribution in [0.2, 0.25) is 0 Å². The van der Waals surface area contributed by atoms with Crippen LogP contribution in [0.1, 0.15) is 35.1 Å². The number of benzene rings is 2. The maximum atomic E-state index is 5.50. The van der Waals surface area contributed by atoms with Crippen molar-refractivity contribution in [3.63, 3.8) is 0 Å². The molecule has 3 nitrogen and oxygen atoms in total. The Bertz CT molecular complexity index is 653. The van der Waals surface area contributed by atoms with E-state index in [1.165, 1.54) is 16.7 Å². The molecule has 0 amide bonds. The molecule has 3 heteroatoms. The summed E-state index contributed by atoms with van der Waals surface area (Å²) >= 11 is 0. The Morgan fingerprint density at radius 2 is 1.80 bits per heavy atom. The fourth-order valence-corrected chi connectivity index (χ4v) is 3.35. The molecule has 0 radical (unpaired) electrons. The predicted molar refractivity (Wildman–Crippen MR) is 77.3 cm³/mol. The number of fused-ring (bicyclic) bond motifs is 2. The molecule has 0 saturated carbocycles. The van der Waals surface area contributed by atoms with Crippen molar-refractivity contribution in [2.75, 3.05) is 13.8 Å². The molecule has 0 spiro atoms. The zero-order valence-corrected chi connectivity index (χ0v) is 11.4. The maximum Gasteiger partial charge on any atom is 0.231 e. The van der Waals surface area contributed by atoms with Crippen molar-refractivity contribution in [1.29, 1.82) is 0 Å². The molecule has 0 fully saturated rings. The zero-order valence-electron chi connectivity index (χ0n) is 11.4. The smallest absolute Gasteiger partial charge is 0.231 e. The summed E-state index contributed by atoms with van der Waals surface area (Å²) in [5.74, 6) is 2.15. The molecule has 0 bridgehead atoms. The van der Waals surface area contributed by atoms with E-state index in [-0.39, 0.29) is 0 Å². The molecular weight excluding hydrogens is 250 g/mol. The lowest BCUT2D eigenvalue weighted by molar-refractivity contribution is 0.174. The fourth-order valence-electron chi connectivity index (χ4n) is 3.35. The van der Waals surface area contributed by atoms with Gasteiger partial charge in [0, 0.05) is 12.0 Å². The summed E-state index contributed by atoms with van der Waals surface area (Å²) in [6, 6.07) is 15.4. The minimum absolute atomic E-state index is 0.333. The first-order valence-electron chi connectivity index (χ1n) is 7.02. The van der Waals surface area contributed by atoms with Crippen molar-refractivity contribution >= 4 is 0 Å². The standard InChI is InChI=1S/C17H17NO2/c1-18-15-9-14(12-4-2-3-5-13(12)15)11-6-7-16-17(8-11)20-10-19-16/h2-8,14-15,18H,9-10H2,1H3. The van der Waals surface area contributed by atoms with Crippen molar-refractivity contribution in [2.24, 2.45) is 0 Å². The molecule has 1 aliphatic heterocycles. The Morgan fingerprint density at radius 3 is 2.65 bits per heavy atom. The minimum atomic E-state index is 0.333. The number of nitrogens with one attached hydrogen (secondary N) is 1. The second-order valence-electron chi connectivity index (χ2n) is 5.37. The number of ether oxygens (including phenoxy) is 2. The van der Waals surface area contributed by atoms with Crippen LogP contribution >= 0.6 is 0 Å². The van der Waals surface area contributed by atoms with Gasteiger partial charge in [0.25, 0.3) is 0 Å². The van der Waals surface area contributed by atoms with Crippen LogP contribution in [0.4, 0.5) is 0 Å². The zero-order chi connectivity index (χ0) is 13.5. The fraction of sp³-hybridized carbons (Fsp3) is 0.294. The quantitative estimate of drug-likeness (QED) is 0.906. The van der Waals surface area contributed by atoms with E-state index in [1.807, 2.05) is 13.1 Å². The molecule has 102 valence electrons. The number of hydrogen-bond donors (Lipinski definition) is 1. The summed E-state index contributed by atoms with van der Waals surface area (Å²) in [6.45, 7) is 0.333. The summed E-state index contributed by atoms with van der Waals surface area (Å²) in [6.07, 6.45) is 1.09. The topological polar surface area (TPSA) is 30.5 Å². The minimum Gasteiger partial charge on any atom is -0.454 e. The molecule has 4 rings (SSSR count). The van der Waals surface area contributed by atoms with Gasteiger partial charge in [0.05, 0.1) is 0 Å². The van der Waals surface area contributed by atoms with Gasteiger partial charge >= 0.3 is 0 Å². The van der Waals surface area contributed by atoms with Crippen molar-refractivity contribution in [1.82, 2.24) is 5.32 Å². The molecule has 1 aliphatic carbocycles. The molecule has 2 aromatic rings. The van der Waals surface area contributed by atoms with E-state index in [0.29, 0.717) is 18.8 Å². The van der Waals surface area contributed by atoms with E-state index in [4.69, 9.17) is 9.47 Å². The average molecular weight is 267 g/mol. The van der Waals surface area contributed by atoms with Crippen molar-refractivity contribution < 1.29 is 9.47 Å². The Labute approximate surface area is 118 Å². The highest BCUT2D eigenvalue weighted by Gasteiger charge is 2.31. The first-order chi connectivity index (χ1) is 9.86. The number of hydrogen-bond acceptors (Lipinski definition) is 3. The van der Waals surface area contributed by atoms with E-state index < -0.39 is 0 Å². The predicted octanol–water partition coefficient (Wildman–Crippen LogP) is 3.21. The van der Waals surface area contributed by atoms with Gasteiger partial charge in [0.2, 0.25) is 6.79 Å². The largest absolute Gasteiger partial charge is 0.454 e. The van der Waals surface area contributed by atoms with Crippen molar-refractivity contribution in [3.05, 3.63) is 59.2 Å². The third-order valence-corrected chi connectivity index (χ3v) is 4.37. The van der Waals surface area contributed by atoms with Gasteiger partial charge in [-0.15, -0.1) is 0 Å². The molecule has 20 heavy (non-hydrogen) atoms. The van der Waals surface area contributed by atoms with Crippen LogP contribution in [0.3, 0.4) is 0 Å². The van der Waals surface area contributed by atoms with Crippen LogP contribution in [-0.4, -0.2) is 13.8 Å². The second-order valence-corrected chi connectivity index (χ2v) is 5.37. The highest BCUT2D eigenvalue weighted by atomic mass is 16.7. The van der Waals surface area contributed by atoms with Crippen LogP contribution in [0.5, 0.6) is 11.5 Å². The van der Waals surface area contributed by atoms with E-state index >= 15 is 0 Å². The molecule has 1 N–H and O–H groups in total. The normalized spacial score (nSPS) is 22.9. The molecule has 0 aromatic heterocycles. The Morgan fingerprint density at radius 1 is 1.00 bits per heavy atom. The van der Waals surface area contributed by atoms with Gasteiger partial charge in [0.15, 0.2) is 11.5 Å². The highest BCUT2D eigenvalue weighted by Crippen LogP contribution is 2.45. The summed E-state index contributed by atoms with van der Waals surface area (Å²) in [5.41, 5.74) is 4.14. The average Bonchev–Trinajstić information content (AvgIpc) is 3.10. The van der Waals surface area contributed by atoms with Gasteiger partial charge in [0.1, 0.15) is 0 Å². The lowest BCUT2D eigenvalue weighted by atomic mass is 9.93. The number of rotatable bonds is 2. The molecule has 1 heterocycles. The van der Waals surface area contributed by atoms with Gasteiger partial charge in [-0.3, -0.25) is 0 Å².